The number of aromatic nitrogens is 1. The summed E-state index contributed by atoms with van der Waals surface area (Å²) in [5.74, 6) is 0.927. The molecule has 0 unspecified atom stereocenters. The largest absolute Gasteiger partial charge is 0.439 e. The predicted molar refractivity (Wildman–Crippen MR) is 59.3 cm³/mol. The third-order valence-electron chi connectivity index (χ3n) is 2.19. The van der Waals surface area contributed by atoms with Crippen molar-refractivity contribution in [1.82, 2.24) is 10.3 Å². The van der Waals surface area contributed by atoms with Crippen LogP contribution in [-0.4, -0.2) is 11.5 Å². The van der Waals surface area contributed by atoms with Gasteiger partial charge in [-0.1, -0.05) is 19.1 Å². The van der Waals surface area contributed by atoms with Crippen LogP contribution in [0.5, 0.6) is 0 Å². The Morgan fingerprint density at radius 1 is 1.44 bits per heavy atom. The first-order valence-corrected chi connectivity index (χ1v) is 5.21. The van der Waals surface area contributed by atoms with Crippen LogP contribution in [-0.2, 0) is 6.54 Å². The number of benzene rings is 1. The van der Waals surface area contributed by atoms with Crippen molar-refractivity contribution in [2.75, 3.05) is 6.54 Å². The van der Waals surface area contributed by atoms with Gasteiger partial charge >= 0.3 is 0 Å². The molecule has 1 heterocycles. The van der Waals surface area contributed by atoms with E-state index in [4.69, 9.17) is 4.42 Å². The van der Waals surface area contributed by atoms with Gasteiger partial charge in [-0.15, -0.1) is 0 Å². The van der Waals surface area contributed by atoms with Gasteiger partial charge in [0, 0.05) is 5.56 Å². The first-order chi connectivity index (χ1) is 7.79. The van der Waals surface area contributed by atoms with Crippen molar-refractivity contribution in [3.05, 3.63) is 42.2 Å². The fourth-order valence-electron chi connectivity index (χ4n) is 1.40. The highest BCUT2D eigenvalue weighted by Crippen LogP contribution is 2.20. The summed E-state index contributed by atoms with van der Waals surface area (Å²) in [6, 6.07) is 6.27. The second-order valence-corrected chi connectivity index (χ2v) is 3.41. The zero-order chi connectivity index (χ0) is 11.4. The molecule has 1 aromatic heterocycles. The minimum atomic E-state index is -0.276. The van der Waals surface area contributed by atoms with Crippen LogP contribution in [0.4, 0.5) is 4.39 Å². The smallest absolute Gasteiger partial charge is 0.208 e. The van der Waals surface area contributed by atoms with Gasteiger partial charge in [0.25, 0.3) is 0 Å². The Morgan fingerprint density at radius 3 is 3.06 bits per heavy atom. The molecule has 4 heteroatoms. The maximum absolute atomic E-state index is 13.0. The van der Waals surface area contributed by atoms with Gasteiger partial charge in [0.05, 0.1) is 12.7 Å². The molecular weight excluding hydrogens is 207 g/mol. The van der Waals surface area contributed by atoms with E-state index in [1.165, 1.54) is 12.1 Å². The first kappa shape index (κ1) is 10.8. The van der Waals surface area contributed by atoms with E-state index < -0.39 is 0 Å². The van der Waals surface area contributed by atoms with E-state index in [0.717, 1.165) is 6.54 Å². The van der Waals surface area contributed by atoms with Crippen LogP contribution in [0.2, 0.25) is 0 Å². The fraction of sp³-hybridized carbons (Fsp3) is 0.250. The highest BCUT2D eigenvalue weighted by molar-refractivity contribution is 5.55. The maximum Gasteiger partial charge on any atom is 0.208 e. The lowest BCUT2D eigenvalue weighted by Crippen LogP contribution is -2.11. The molecule has 1 N–H and O–H groups in total. The summed E-state index contributed by atoms with van der Waals surface area (Å²) in [5, 5.41) is 3.11. The molecule has 0 aliphatic rings. The van der Waals surface area contributed by atoms with Crippen LogP contribution in [0.3, 0.4) is 0 Å². The Balaban J connectivity index is 2.18. The molecular formula is C12H13FN2O. The van der Waals surface area contributed by atoms with E-state index in [2.05, 4.69) is 10.3 Å². The molecule has 3 nitrogen and oxygen atoms in total. The van der Waals surface area contributed by atoms with Gasteiger partial charge < -0.3 is 9.73 Å². The molecule has 0 amide bonds. The lowest BCUT2D eigenvalue weighted by molar-refractivity contribution is 0.482. The number of hydrogen-bond acceptors (Lipinski definition) is 3. The molecule has 0 atom stereocenters. The fourth-order valence-corrected chi connectivity index (χ4v) is 1.40. The molecule has 2 rings (SSSR count). The first-order valence-electron chi connectivity index (χ1n) is 5.21. The molecule has 0 aliphatic heterocycles. The van der Waals surface area contributed by atoms with Crippen LogP contribution in [0.1, 0.15) is 12.8 Å². The summed E-state index contributed by atoms with van der Waals surface area (Å²) in [4.78, 5) is 4.11. The van der Waals surface area contributed by atoms with Crippen LogP contribution in [0, 0.1) is 5.82 Å². The molecule has 0 saturated carbocycles. The summed E-state index contributed by atoms with van der Waals surface area (Å²) in [6.45, 7) is 3.46. The van der Waals surface area contributed by atoms with Gasteiger partial charge in [-0.3, -0.25) is 0 Å². The summed E-state index contributed by atoms with van der Waals surface area (Å²) in [6.07, 6.45) is 1.61. The van der Waals surface area contributed by atoms with Crippen molar-refractivity contribution < 1.29 is 8.81 Å². The van der Waals surface area contributed by atoms with Gasteiger partial charge in [0.2, 0.25) is 5.89 Å². The van der Waals surface area contributed by atoms with Crippen LogP contribution >= 0.6 is 0 Å². The second kappa shape index (κ2) is 4.90. The van der Waals surface area contributed by atoms with Crippen LogP contribution in [0.25, 0.3) is 11.3 Å². The summed E-state index contributed by atoms with van der Waals surface area (Å²) in [7, 11) is 0. The van der Waals surface area contributed by atoms with Gasteiger partial charge in [0.1, 0.15) is 5.82 Å². The Bertz CT molecular complexity index is 468. The van der Waals surface area contributed by atoms with Crippen molar-refractivity contribution in [2.45, 2.75) is 13.5 Å². The standard InChI is InChI=1S/C12H13FN2O/c1-2-14-8-12-15-7-11(16-12)9-4-3-5-10(13)6-9/h3-7,14H,2,8H2,1H3. The molecule has 16 heavy (non-hydrogen) atoms. The zero-order valence-corrected chi connectivity index (χ0v) is 9.03. The summed E-state index contributed by atoms with van der Waals surface area (Å²) >= 11 is 0. The van der Waals surface area contributed by atoms with E-state index in [1.807, 2.05) is 6.92 Å². The Labute approximate surface area is 93.3 Å². The highest BCUT2D eigenvalue weighted by Gasteiger charge is 2.06. The molecule has 0 saturated heterocycles. The molecule has 0 bridgehead atoms. The topological polar surface area (TPSA) is 38.1 Å². The SMILES string of the molecule is CCNCc1ncc(-c2cccc(F)c2)o1. The van der Waals surface area contributed by atoms with Crippen molar-refractivity contribution in [1.29, 1.82) is 0 Å². The van der Waals surface area contributed by atoms with Gasteiger partial charge in [0.15, 0.2) is 5.76 Å². The predicted octanol–water partition coefficient (Wildman–Crippen LogP) is 2.59. The Kier molecular flexibility index (Phi) is 3.31. The lowest BCUT2D eigenvalue weighted by atomic mass is 10.2. The maximum atomic E-state index is 13.0. The summed E-state index contributed by atoms with van der Waals surface area (Å²) in [5.41, 5.74) is 0.704. The van der Waals surface area contributed by atoms with E-state index >= 15 is 0 Å². The molecule has 0 spiro atoms. The van der Waals surface area contributed by atoms with E-state index in [-0.39, 0.29) is 5.82 Å². The minimum Gasteiger partial charge on any atom is -0.439 e. The van der Waals surface area contributed by atoms with Crippen molar-refractivity contribution in [3.63, 3.8) is 0 Å². The molecule has 0 fully saturated rings. The van der Waals surface area contributed by atoms with Crippen molar-refractivity contribution in [2.24, 2.45) is 0 Å². The van der Waals surface area contributed by atoms with Crippen molar-refractivity contribution in [3.8, 4) is 11.3 Å². The zero-order valence-electron chi connectivity index (χ0n) is 9.03. The third kappa shape index (κ3) is 2.46. The second-order valence-electron chi connectivity index (χ2n) is 3.41. The minimum absolute atomic E-state index is 0.276. The lowest BCUT2D eigenvalue weighted by Gasteiger charge is -1.97. The Morgan fingerprint density at radius 2 is 2.31 bits per heavy atom. The number of rotatable bonds is 4. The number of nitrogens with zero attached hydrogens (tertiary/aromatic N) is 1. The molecule has 0 aliphatic carbocycles. The molecule has 0 radical (unpaired) electrons. The number of halogens is 1. The molecule has 2 aromatic rings. The highest BCUT2D eigenvalue weighted by atomic mass is 19.1. The van der Waals surface area contributed by atoms with Crippen molar-refractivity contribution >= 4 is 0 Å². The van der Waals surface area contributed by atoms with Crippen LogP contribution < -0.4 is 5.32 Å². The average Bonchev–Trinajstić information content (AvgIpc) is 2.75. The van der Waals surface area contributed by atoms with E-state index in [0.29, 0.717) is 23.8 Å². The quantitative estimate of drug-likeness (QED) is 0.860. The van der Waals surface area contributed by atoms with E-state index in [9.17, 15) is 4.39 Å². The van der Waals surface area contributed by atoms with Gasteiger partial charge in [-0.25, -0.2) is 9.37 Å². The third-order valence-corrected chi connectivity index (χ3v) is 2.19. The average molecular weight is 220 g/mol. The van der Waals surface area contributed by atoms with Gasteiger partial charge in [-0.2, -0.15) is 0 Å². The summed E-state index contributed by atoms with van der Waals surface area (Å²) < 4.78 is 18.5. The Hall–Kier alpha value is -1.68. The normalized spacial score (nSPS) is 10.6. The number of nitrogens with one attached hydrogen (secondary N) is 1. The monoisotopic (exact) mass is 220 g/mol. The number of oxazole rings is 1. The molecule has 1 aromatic carbocycles. The van der Waals surface area contributed by atoms with Crippen LogP contribution in [0.15, 0.2) is 34.9 Å². The van der Waals surface area contributed by atoms with Gasteiger partial charge in [-0.05, 0) is 18.7 Å². The number of hydrogen-bond donors (Lipinski definition) is 1. The molecule has 84 valence electrons. The van der Waals surface area contributed by atoms with E-state index in [1.54, 1.807) is 18.3 Å².